The number of rotatable bonds is 4. The van der Waals surface area contributed by atoms with Crippen LogP contribution < -0.4 is 0 Å². The summed E-state index contributed by atoms with van der Waals surface area (Å²) in [5.41, 5.74) is -0.104. The molecule has 0 aliphatic carbocycles. The Kier molecular flexibility index (Phi) is 4.59. The summed E-state index contributed by atoms with van der Waals surface area (Å²) < 4.78 is 5.07. The molecule has 1 saturated heterocycles. The molecule has 1 fully saturated rings. The van der Waals surface area contributed by atoms with E-state index in [1.54, 1.807) is 7.11 Å². The van der Waals surface area contributed by atoms with Crippen LogP contribution in [-0.2, 0) is 4.74 Å². The molecule has 3 heteroatoms. The first-order valence-electron chi connectivity index (χ1n) is 5.54. The Morgan fingerprint density at radius 1 is 1.27 bits per heavy atom. The van der Waals surface area contributed by atoms with Gasteiger partial charge in [-0.15, -0.1) is 6.42 Å². The zero-order valence-electron chi connectivity index (χ0n) is 10.1. The topological polar surface area (TPSA) is 15.7 Å². The minimum atomic E-state index is -0.104. The van der Waals surface area contributed by atoms with E-state index in [0.29, 0.717) is 0 Å². The Labute approximate surface area is 93.4 Å². The SMILES string of the molecule is C#CC(C)(C)N1CCN(CCOC)CC1. The number of methoxy groups -OCH3 is 1. The van der Waals surface area contributed by atoms with E-state index in [2.05, 4.69) is 29.6 Å². The van der Waals surface area contributed by atoms with E-state index in [1.165, 1.54) is 0 Å². The summed E-state index contributed by atoms with van der Waals surface area (Å²) in [5, 5.41) is 0. The van der Waals surface area contributed by atoms with Gasteiger partial charge in [-0.25, -0.2) is 0 Å². The maximum Gasteiger partial charge on any atom is 0.0767 e. The van der Waals surface area contributed by atoms with Gasteiger partial charge in [0, 0.05) is 39.8 Å². The maximum absolute atomic E-state index is 5.53. The van der Waals surface area contributed by atoms with Crippen LogP contribution in [-0.4, -0.2) is 61.8 Å². The van der Waals surface area contributed by atoms with Gasteiger partial charge in [-0.2, -0.15) is 0 Å². The fourth-order valence-electron chi connectivity index (χ4n) is 1.84. The minimum Gasteiger partial charge on any atom is -0.383 e. The molecule has 0 atom stereocenters. The Hall–Kier alpha value is -0.560. The van der Waals surface area contributed by atoms with Crippen molar-refractivity contribution in [1.29, 1.82) is 0 Å². The quantitative estimate of drug-likeness (QED) is 0.634. The van der Waals surface area contributed by atoms with Gasteiger partial charge >= 0.3 is 0 Å². The average Bonchev–Trinajstić information content (AvgIpc) is 2.27. The lowest BCUT2D eigenvalue weighted by Gasteiger charge is -2.41. The number of hydrogen-bond donors (Lipinski definition) is 0. The molecule has 0 unspecified atom stereocenters. The third-order valence-corrected chi connectivity index (χ3v) is 3.13. The van der Waals surface area contributed by atoms with Crippen molar-refractivity contribution in [1.82, 2.24) is 9.80 Å². The molecule has 3 nitrogen and oxygen atoms in total. The van der Waals surface area contributed by atoms with Crippen molar-refractivity contribution in [3.63, 3.8) is 0 Å². The molecule has 1 aliphatic rings. The van der Waals surface area contributed by atoms with Gasteiger partial charge in [0.25, 0.3) is 0 Å². The molecule has 0 N–H and O–H groups in total. The maximum atomic E-state index is 5.53. The molecule has 0 radical (unpaired) electrons. The summed E-state index contributed by atoms with van der Waals surface area (Å²) in [5.74, 6) is 2.85. The Morgan fingerprint density at radius 3 is 2.33 bits per heavy atom. The molecule has 0 bridgehead atoms. The van der Waals surface area contributed by atoms with Crippen molar-refractivity contribution in [2.75, 3.05) is 46.4 Å². The van der Waals surface area contributed by atoms with Gasteiger partial charge in [-0.3, -0.25) is 9.80 Å². The number of ether oxygens (including phenoxy) is 1. The van der Waals surface area contributed by atoms with Crippen LogP contribution in [0.4, 0.5) is 0 Å². The van der Waals surface area contributed by atoms with E-state index in [9.17, 15) is 0 Å². The molecule has 1 rings (SSSR count). The molecule has 0 amide bonds. The molecule has 0 saturated carbocycles. The summed E-state index contributed by atoms with van der Waals surface area (Å²) in [6, 6.07) is 0. The van der Waals surface area contributed by atoms with Crippen LogP contribution >= 0.6 is 0 Å². The van der Waals surface area contributed by atoms with Crippen LogP contribution in [0, 0.1) is 12.3 Å². The first-order chi connectivity index (χ1) is 7.10. The fourth-order valence-corrected chi connectivity index (χ4v) is 1.84. The number of hydrogen-bond acceptors (Lipinski definition) is 3. The summed E-state index contributed by atoms with van der Waals surface area (Å²) in [4.78, 5) is 4.79. The van der Waals surface area contributed by atoms with Gasteiger partial charge < -0.3 is 4.74 Å². The Morgan fingerprint density at radius 2 is 1.87 bits per heavy atom. The van der Waals surface area contributed by atoms with Gasteiger partial charge in [-0.05, 0) is 13.8 Å². The standard InChI is InChI=1S/C12H22N2O/c1-5-12(2,3)14-8-6-13(7-9-14)10-11-15-4/h1H,6-11H2,2-4H3. The van der Waals surface area contributed by atoms with Crippen LogP contribution in [0.15, 0.2) is 0 Å². The Balaban J connectivity index is 2.33. The summed E-state index contributed by atoms with van der Waals surface area (Å²) in [6.45, 7) is 10.4. The van der Waals surface area contributed by atoms with E-state index in [4.69, 9.17) is 11.2 Å². The van der Waals surface area contributed by atoms with Crippen molar-refractivity contribution in [3.8, 4) is 12.3 Å². The van der Waals surface area contributed by atoms with Gasteiger partial charge in [0.1, 0.15) is 0 Å². The van der Waals surface area contributed by atoms with Crippen LogP contribution in [0.1, 0.15) is 13.8 Å². The number of piperazine rings is 1. The van der Waals surface area contributed by atoms with E-state index in [1.807, 2.05) is 0 Å². The highest BCUT2D eigenvalue weighted by Gasteiger charge is 2.27. The predicted molar refractivity (Wildman–Crippen MR) is 62.8 cm³/mol. The first-order valence-corrected chi connectivity index (χ1v) is 5.54. The van der Waals surface area contributed by atoms with E-state index in [0.717, 1.165) is 39.3 Å². The molecule has 0 aromatic carbocycles. The minimum absolute atomic E-state index is 0.104. The van der Waals surface area contributed by atoms with Gasteiger partial charge in [0.15, 0.2) is 0 Å². The third-order valence-electron chi connectivity index (χ3n) is 3.13. The second-order valence-electron chi connectivity index (χ2n) is 4.52. The molecule has 1 aliphatic heterocycles. The third kappa shape index (κ3) is 3.49. The Bertz CT molecular complexity index is 224. The molecule has 0 spiro atoms. The largest absolute Gasteiger partial charge is 0.383 e. The lowest BCUT2D eigenvalue weighted by Crippen LogP contribution is -2.54. The first kappa shape index (κ1) is 12.5. The lowest BCUT2D eigenvalue weighted by atomic mass is 10.0. The molecule has 0 aromatic rings. The van der Waals surface area contributed by atoms with Crippen LogP contribution in [0.25, 0.3) is 0 Å². The highest BCUT2D eigenvalue weighted by molar-refractivity contribution is 5.09. The van der Waals surface area contributed by atoms with Crippen molar-refractivity contribution in [2.45, 2.75) is 19.4 Å². The van der Waals surface area contributed by atoms with E-state index < -0.39 is 0 Å². The van der Waals surface area contributed by atoms with Crippen molar-refractivity contribution >= 4 is 0 Å². The molecule has 1 heterocycles. The zero-order valence-corrected chi connectivity index (χ0v) is 10.1. The van der Waals surface area contributed by atoms with E-state index >= 15 is 0 Å². The molecule has 15 heavy (non-hydrogen) atoms. The van der Waals surface area contributed by atoms with Crippen LogP contribution in [0.3, 0.4) is 0 Å². The monoisotopic (exact) mass is 210 g/mol. The van der Waals surface area contributed by atoms with Crippen LogP contribution in [0.2, 0.25) is 0 Å². The van der Waals surface area contributed by atoms with Crippen molar-refractivity contribution < 1.29 is 4.74 Å². The fraction of sp³-hybridized carbons (Fsp3) is 0.833. The molecular weight excluding hydrogens is 188 g/mol. The molecular formula is C12H22N2O. The second-order valence-corrected chi connectivity index (χ2v) is 4.52. The van der Waals surface area contributed by atoms with Crippen LogP contribution in [0.5, 0.6) is 0 Å². The lowest BCUT2D eigenvalue weighted by molar-refractivity contribution is 0.0639. The smallest absolute Gasteiger partial charge is 0.0767 e. The summed E-state index contributed by atoms with van der Waals surface area (Å²) in [6.07, 6.45) is 5.53. The highest BCUT2D eigenvalue weighted by atomic mass is 16.5. The molecule has 0 aromatic heterocycles. The normalized spacial score (nSPS) is 20.1. The summed E-state index contributed by atoms with van der Waals surface area (Å²) >= 11 is 0. The van der Waals surface area contributed by atoms with Gasteiger partial charge in [0.2, 0.25) is 0 Å². The van der Waals surface area contributed by atoms with Gasteiger partial charge in [0.05, 0.1) is 12.1 Å². The second kappa shape index (κ2) is 5.50. The van der Waals surface area contributed by atoms with Gasteiger partial charge in [-0.1, -0.05) is 5.92 Å². The molecule has 86 valence electrons. The predicted octanol–water partition coefficient (Wildman–Crippen LogP) is 0.662. The van der Waals surface area contributed by atoms with Crippen molar-refractivity contribution in [2.24, 2.45) is 0 Å². The number of terminal acetylenes is 1. The highest BCUT2D eigenvalue weighted by Crippen LogP contribution is 2.15. The summed E-state index contributed by atoms with van der Waals surface area (Å²) in [7, 11) is 1.75. The van der Waals surface area contributed by atoms with E-state index in [-0.39, 0.29) is 5.54 Å². The zero-order chi connectivity index (χ0) is 11.3. The number of nitrogens with zero attached hydrogens (tertiary/aromatic N) is 2. The average molecular weight is 210 g/mol. The van der Waals surface area contributed by atoms with Crippen molar-refractivity contribution in [3.05, 3.63) is 0 Å².